The molecule has 0 radical (unpaired) electrons. The summed E-state index contributed by atoms with van der Waals surface area (Å²) in [5, 5.41) is 5.15. The number of esters is 1. The fourth-order valence-electron chi connectivity index (χ4n) is 2.22. The van der Waals surface area contributed by atoms with Crippen molar-refractivity contribution in [1.29, 1.82) is 0 Å². The Hall–Kier alpha value is -2.77. The molecule has 0 bridgehead atoms. The number of methoxy groups -OCH3 is 1. The predicted octanol–water partition coefficient (Wildman–Crippen LogP) is 2.94. The van der Waals surface area contributed by atoms with Gasteiger partial charge < -0.3 is 24.8 Å². The Morgan fingerprint density at radius 3 is 1.97 bits per heavy atom. The number of ether oxygens (including phenoxy) is 3. The summed E-state index contributed by atoms with van der Waals surface area (Å²) in [5.74, 6) is -0.401. The number of carbonyl (C=O) groups is 3. The Kier molecular flexibility index (Phi) is 8.48. The average molecular weight is 408 g/mol. The van der Waals surface area contributed by atoms with E-state index in [1.54, 1.807) is 60.8 Å². The first-order valence-electron chi connectivity index (χ1n) is 9.41. The van der Waals surface area contributed by atoms with Crippen LogP contribution >= 0.6 is 0 Å². The number of carbonyl (C=O) groups excluding carboxylic acids is 3. The second-order valence-corrected chi connectivity index (χ2v) is 8.56. The molecule has 0 aliphatic rings. The Morgan fingerprint density at radius 2 is 1.48 bits per heavy atom. The highest BCUT2D eigenvalue weighted by atomic mass is 16.6. The predicted molar refractivity (Wildman–Crippen MR) is 108 cm³/mol. The van der Waals surface area contributed by atoms with Crippen molar-refractivity contribution in [2.45, 2.75) is 71.8 Å². The van der Waals surface area contributed by atoms with Gasteiger partial charge in [-0.2, -0.15) is 0 Å². The van der Waals surface area contributed by atoms with Gasteiger partial charge in [-0.15, -0.1) is 0 Å². The van der Waals surface area contributed by atoms with Crippen LogP contribution in [0.25, 0.3) is 0 Å². The number of benzene rings is 1. The Bertz CT molecular complexity index is 701. The third-order valence-corrected chi connectivity index (χ3v) is 3.42. The minimum absolute atomic E-state index is 0.274. The van der Waals surface area contributed by atoms with Gasteiger partial charge in [0.2, 0.25) is 5.91 Å². The van der Waals surface area contributed by atoms with Crippen molar-refractivity contribution in [2.24, 2.45) is 0 Å². The SMILES string of the molecule is COc1ccc(CNC(=O)C[C@@H](NC(=O)OC(C)(C)C)C(=O)OC(C)(C)C)cc1. The molecule has 0 saturated heterocycles. The molecule has 0 fully saturated rings. The van der Waals surface area contributed by atoms with Crippen molar-refractivity contribution >= 4 is 18.0 Å². The highest BCUT2D eigenvalue weighted by Crippen LogP contribution is 2.13. The lowest BCUT2D eigenvalue weighted by molar-refractivity contribution is -0.158. The lowest BCUT2D eigenvalue weighted by Crippen LogP contribution is -2.48. The van der Waals surface area contributed by atoms with Gasteiger partial charge in [-0.05, 0) is 59.2 Å². The number of nitrogens with one attached hydrogen (secondary N) is 2. The van der Waals surface area contributed by atoms with Crippen molar-refractivity contribution < 1.29 is 28.6 Å². The van der Waals surface area contributed by atoms with Gasteiger partial charge >= 0.3 is 12.1 Å². The molecule has 162 valence electrons. The van der Waals surface area contributed by atoms with Gasteiger partial charge in [-0.1, -0.05) is 12.1 Å². The molecule has 1 aromatic rings. The molecule has 29 heavy (non-hydrogen) atoms. The van der Waals surface area contributed by atoms with Crippen LogP contribution in [0.5, 0.6) is 5.75 Å². The van der Waals surface area contributed by atoms with Crippen molar-refractivity contribution in [3.63, 3.8) is 0 Å². The van der Waals surface area contributed by atoms with Gasteiger partial charge in [-0.3, -0.25) is 4.79 Å². The Labute approximate surface area is 172 Å². The second-order valence-electron chi connectivity index (χ2n) is 8.56. The highest BCUT2D eigenvalue weighted by molar-refractivity contribution is 5.88. The van der Waals surface area contributed by atoms with E-state index < -0.39 is 35.2 Å². The van der Waals surface area contributed by atoms with Crippen LogP contribution < -0.4 is 15.4 Å². The Balaban J connectivity index is 2.73. The largest absolute Gasteiger partial charge is 0.497 e. The third-order valence-electron chi connectivity index (χ3n) is 3.42. The molecular formula is C21H32N2O6. The second kappa shape index (κ2) is 10.1. The molecule has 1 aromatic carbocycles. The molecule has 0 unspecified atom stereocenters. The average Bonchev–Trinajstić information content (AvgIpc) is 2.56. The van der Waals surface area contributed by atoms with Gasteiger partial charge in [0.25, 0.3) is 0 Å². The van der Waals surface area contributed by atoms with Gasteiger partial charge in [0, 0.05) is 6.54 Å². The summed E-state index contributed by atoms with van der Waals surface area (Å²) < 4.78 is 15.6. The normalized spacial score (nSPS) is 12.5. The molecule has 0 aliphatic heterocycles. The van der Waals surface area contributed by atoms with Crippen LogP contribution in [0.1, 0.15) is 53.5 Å². The van der Waals surface area contributed by atoms with Crippen LogP contribution in [0.2, 0.25) is 0 Å². The zero-order valence-electron chi connectivity index (χ0n) is 18.3. The standard InChI is InChI=1S/C21H32N2O6/c1-20(2,3)28-18(25)16(23-19(26)29-21(4,5)6)12-17(24)22-13-14-8-10-15(27-7)11-9-14/h8-11,16H,12-13H2,1-7H3,(H,22,24)(H,23,26)/t16-/m1/s1. The maximum absolute atomic E-state index is 12.5. The van der Waals surface area contributed by atoms with E-state index in [-0.39, 0.29) is 13.0 Å². The van der Waals surface area contributed by atoms with Gasteiger partial charge in [0.15, 0.2) is 0 Å². The number of amides is 2. The van der Waals surface area contributed by atoms with Crippen LogP contribution in [0, 0.1) is 0 Å². The summed E-state index contributed by atoms with van der Waals surface area (Å²) in [6, 6.07) is 6.05. The molecule has 0 spiro atoms. The first kappa shape index (κ1) is 24.3. The number of rotatable bonds is 7. The zero-order chi connectivity index (χ0) is 22.2. The van der Waals surface area contributed by atoms with E-state index >= 15 is 0 Å². The van der Waals surface area contributed by atoms with Crippen LogP contribution in [-0.2, 0) is 25.6 Å². The van der Waals surface area contributed by atoms with Crippen molar-refractivity contribution in [2.75, 3.05) is 7.11 Å². The maximum Gasteiger partial charge on any atom is 0.408 e. The van der Waals surface area contributed by atoms with Gasteiger partial charge in [0.05, 0.1) is 13.5 Å². The maximum atomic E-state index is 12.5. The van der Waals surface area contributed by atoms with E-state index in [1.807, 2.05) is 12.1 Å². The minimum atomic E-state index is -1.17. The van der Waals surface area contributed by atoms with Crippen LogP contribution in [0.15, 0.2) is 24.3 Å². The summed E-state index contributed by atoms with van der Waals surface area (Å²) in [5.41, 5.74) is -0.628. The molecular weight excluding hydrogens is 376 g/mol. The fraction of sp³-hybridized carbons (Fsp3) is 0.571. The molecule has 8 nitrogen and oxygen atoms in total. The lowest BCUT2D eigenvalue weighted by atomic mass is 10.1. The summed E-state index contributed by atoms with van der Waals surface area (Å²) >= 11 is 0. The van der Waals surface area contributed by atoms with E-state index in [0.29, 0.717) is 5.75 Å². The molecule has 1 atom stereocenters. The molecule has 0 saturated carbocycles. The zero-order valence-corrected chi connectivity index (χ0v) is 18.3. The molecule has 0 aliphatic carbocycles. The monoisotopic (exact) mass is 408 g/mol. The topological polar surface area (TPSA) is 103 Å². The summed E-state index contributed by atoms with van der Waals surface area (Å²) in [6.45, 7) is 10.5. The van der Waals surface area contributed by atoms with E-state index in [4.69, 9.17) is 14.2 Å². The van der Waals surface area contributed by atoms with Crippen molar-refractivity contribution in [3.8, 4) is 5.75 Å². The molecule has 2 N–H and O–H groups in total. The van der Waals surface area contributed by atoms with Crippen molar-refractivity contribution in [1.82, 2.24) is 10.6 Å². The molecule has 1 rings (SSSR count). The summed E-state index contributed by atoms with van der Waals surface area (Å²) in [7, 11) is 1.57. The van der Waals surface area contributed by atoms with Crippen molar-refractivity contribution in [3.05, 3.63) is 29.8 Å². The number of alkyl carbamates (subject to hydrolysis) is 1. The van der Waals surface area contributed by atoms with E-state index in [2.05, 4.69) is 10.6 Å². The first-order valence-corrected chi connectivity index (χ1v) is 9.41. The lowest BCUT2D eigenvalue weighted by Gasteiger charge is -2.26. The third kappa shape index (κ3) is 10.4. The van der Waals surface area contributed by atoms with Crippen LogP contribution in [0.3, 0.4) is 0 Å². The summed E-state index contributed by atoms with van der Waals surface area (Å²) in [4.78, 5) is 36.9. The van der Waals surface area contributed by atoms with Crippen LogP contribution in [0.4, 0.5) is 4.79 Å². The highest BCUT2D eigenvalue weighted by Gasteiger charge is 2.30. The Morgan fingerprint density at radius 1 is 0.931 bits per heavy atom. The van der Waals surface area contributed by atoms with E-state index in [1.165, 1.54) is 0 Å². The fourth-order valence-corrected chi connectivity index (χ4v) is 2.22. The molecule has 8 heteroatoms. The quantitative estimate of drug-likeness (QED) is 0.673. The van der Waals surface area contributed by atoms with Gasteiger partial charge in [-0.25, -0.2) is 9.59 Å². The first-order chi connectivity index (χ1) is 13.3. The van der Waals surface area contributed by atoms with E-state index in [9.17, 15) is 14.4 Å². The number of hydrogen-bond donors (Lipinski definition) is 2. The molecule has 2 amide bonds. The summed E-state index contributed by atoms with van der Waals surface area (Å²) in [6.07, 6.45) is -1.07. The van der Waals surface area contributed by atoms with E-state index in [0.717, 1.165) is 5.56 Å². The molecule has 0 heterocycles. The minimum Gasteiger partial charge on any atom is -0.497 e. The molecule has 0 aromatic heterocycles. The smallest absolute Gasteiger partial charge is 0.408 e. The van der Waals surface area contributed by atoms with Crippen LogP contribution in [-0.4, -0.2) is 42.3 Å². The number of hydrogen-bond acceptors (Lipinski definition) is 6. The van der Waals surface area contributed by atoms with Gasteiger partial charge in [0.1, 0.15) is 23.0 Å².